The van der Waals surface area contributed by atoms with Crippen LogP contribution < -0.4 is 5.32 Å². The van der Waals surface area contributed by atoms with Gasteiger partial charge in [-0.25, -0.2) is 17.1 Å². The highest BCUT2D eigenvalue weighted by Gasteiger charge is 2.18. The van der Waals surface area contributed by atoms with Gasteiger partial charge in [-0.05, 0) is 48.5 Å². The van der Waals surface area contributed by atoms with E-state index in [1.807, 2.05) is 0 Å². The normalized spacial score (nSPS) is 11.4. The number of amides is 2. The number of halogens is 1. The Hall–Kier alpha value is -2.23. The maximum absolute atomic E-state index is 12.8. The molecule has 0 heterocycles. The summed E-state index contributed by atoms with van der Waals surface area (Å²) in [5.41, 5.74) is 0.169. The lowest BCUT2D eigenvalue weighted by molar-refractivity contribution is -0.117. The van der Waals surface area contributed by atoms with Crippen molar-refractivity contribution in [3.05, 3.63) is 59.9 Å². The van der Waals surface area contributed by atoms with Crippen LogP contribution in [-0.4, -0.2) is 44.4 Å². The third kappa shape index (κ3) is 5.13. The van der Waals surface area contributed by atoms with E-state index in [1.54, 1.807) is 12.1 Å². The summed E-state index contributed by atoms with van der Waals surface area (Å²) in [6.45, 7) is 0. The zero-order chi connectivity index (χ0) is 19.3. The molecular weight excluding hydrogens is 379 g/mol. The van der Waals surface area contributed by atoms with Gasteiger partial charge >= 0.3 is 0 Å². The largest absolute Gasteiger partial charge is 0.292 e. The number of nitrogens with zero attached hydrogens (tertiary/aromatic N) is 1. The summed E-state index contributed by atoms with van der Waals surface area (Å²) in [4.78, 5) is 24.7. The molecule has 0 saturated heterocycles. The predicted molar refractivity (Wildman–Crippen MR) is 96.9 cm³/mol. The molecule has 0 saturated carbocycles. The van der Waals surface area contributed by atoms with Gasteiger partial charge in [0.2, 0.25) is 15.9 Å². The Bertz CT molecular complexity index is 895. The van der Waals surface area contributed by atoms with E-state index in [9.17, 15) is 22.4 Å². The Balaban J connectivity index is 1.94. The first-order valence-corrected chi connectivity index (χ1v) is 9.88. The Labute approximate surface area is 155 Å². The van der Waals surface area contributed by atoms with Crippen LogP contribution in [0.15, 0.2) is 58.3 Å². The number of imide groups is 1. The van der Waals surface area contributed by atoms with Crippen LogP contribution in [0.5, 0.6) is 0 Å². The summed E-state index contributed by atoms with van der Waals surface area (Å²) < 4.78 is 37.8. The molecule has 2 aromatic carbocycles. The zero-order valence-corrected chi connectivity index (χ0v) is 15.7. The zero-order valence-electron chi connectivity index (χ0n) is 14.1. The Morgan fingerprint density at radius 2 is 1.62 bits per heavy atom. The molecule has 2 rings (SSSR count). The minimum atomic E-state index is -3.58. The first-order valence-electron chi connectivity index (χ1n) is 7.45. The molecular formula is C17H17FN2O4S2. The SMILES string of the molecule is CN(C)S(=O)(=O)c1ccc(C(=O)NC(=O)CSc2ccc(F)cc2)cc1. The van der Waals surface area contributed by atoms with Crippen LogP contribution in [-0.2, 0) is 14.8 Å². The van der Waals surface area contributed by atoms with E-state index in [4.69, 9.17) is 0 Å². The Morgan fingerprint density at radius 1 is 1.04 bits per heavy atom. The second-order valence-corrected chi connectivity index (χ2v) is 8.63. The van der Waals surface area contributed by atoms with Gasteiger partial charge in [0.05, 0.1) is 10.6 Å². The fourth-order valence-electron chi connectivity index (χ4n) is 1.90. The van der Waals surface area contributed by atoms with Gasteiger partial charge in [-0.3, -0.25) is 14.9 Å². The van der Waals surface area contributed by atoms with E-state index >= 15 is 0 Å². The molecule has 0 aliphatic heterocycles. The molecule has 0 unspecified atom stereocenters. The number of rotatable bonds is 6. The monoisotopic (exact) mass is 396 g/mol. The third-order valence-electron chi connectivity index (χ3n) is 3.33. The van der Waals surface area contributed by atoms with Crippen LogP contribution in [0.25, 0.3) is 0 Å². The van der Waals surface area contributed by atoms with E-state index in [0.29, 0.717) is 4.90 Å². The average Bonchev–Trinajstić information content (AvgIpc) is 2.61. The van der Waals surface area contributed by atoms with Crippen molar-refractivity contribution < 1.29 is 22.4 Å². The first-order chi connectivity index (χ1) is 12.2. The maximum atomic E-state index is 12.8. The summed E-state index contributed by atoms with van der Waals surface area (Å²) in [6, 6.07) is 10.9. The quantitative estimate of drug-likeness (QED) is 0.757. The minimum Gasteiger partial charge on any atom is -0.292 e. The van der Waals surface area contributed by atoms with E-state index in [2.05, 4.69) is 5.32 Å². The number of carbonyl (C=O) groups is 2. The summed E-state index contributed by atoms with van der Waals surface area (Å²) >= 11 is 1.17. The second kappa shape index (κ2) is 8.43. The molecule has 2 amide bonds. The highest BCUT2D eigenvalue weighted by atomic mass is 32.2. The van der Waals surface area contributed by atoms with Crippen molar-refractivity contribution in [1.82, 2.24) is 9.62 Å². The van der Waals surface area contributed by atoms with Gasteiger partial charge in [-0.2, -0.15) is 0 Å². The summed E-state index contributed by atoms with van der Waals surface area (Å²) in [5, 5.41) is 2.23. The number of benzene rings is 2. The molecule has 0 spiro atoms. The van der Waals surface area contributed by atoms with Crippen LogP contribution in [0.4, 0.5) is 4.39 Å². The summed E-state index contributed by atoms with van der Waals surface area (Å²) in [5.74, 6) is -1.50. The molecule has 0 aromatic heterocycles. The molecule has 0 atom stereocenters. The number of carbonyl (C=O) groups excluding carboxylic acids is 2. The van der Waals surface area contributed by atoms with Crippen LogP contribution in [0.1, 0.15) is 10.4 Å². The molecule has 2 aromatic rings. The Kier molecular flexibility index (Phi) is 6.52. The maximum Gasteiger partial charge on any atom is 0.257 e. The lowest BCUT2D eigenvalue weighted by atomic mass is 10.2. The molecule has 138 valence electrons. The standard InChI is InChI=1S/C17H17FN2O4S2/c1-20(2)26(23,24)15-9-3-12(4-10-15)17(22)19-16(21)11-25-14-7-5-13(18)6-8-14/h3-10H,11H2,1-2H3,(H,19,21,22). The van der Waals surface area contributed by atoms with Gasteiger partial charge in [0.15, 0.2) is 0 Å². The highest BCUT2D eigenvalue weighted by Crippen LogP contribution is 2.18. The van der Waals surface area contributed by atoms with E-state index < -0.39 is 21.8 Å². The number of hydrogen-bond acceptors (Lipinski definition) is 5. The first kappa shape index (κ1) is 20.1. The molecule has 0 aliphatic carbocycles. The third-order valence-corrected chi connectivity index (χ3v) is 6.17. The number of hydrogen-bond donors (Lipinski definition) is 1. The molecule has 0 fully saturated rings. The van der Waals surface area contributed by atoms with Crippen molar-refractivity contribution in [3.8, 4) is 0 Å². The summed E-state index contributed by atoms with van der Waals surface area (Å²) in [6.07, 6.45) is 0. The molecule has 9 heteroatoms. The fraction of sp³-hybridized carbons (Fsp3) is 0.176. The van der Waals surface area contributed by atoms with E-state index in [-0.39, 0.29) is 22.0 Å². The van der Waals surface area contributed by atoms with Gasteiger partial charge < -0.3 is 0 Å². The predicted octanol–water partition coefficient (Wildman–Crippen LogP) is 2.12. The fourth-order valence-corrected chi connectivity index (χ4v) is 3.50. The van der Waals surface area contributed by atoms with Gasteiger partial charge in [-0.15, -0.1) is 11.8 Å². The van der Waals surface area contributed by atoms with Crippen molar-refractivity contribution in [2.75, 3.05) is 19.8 Å². The molecule has 0 bridgehead atoms. The van der Waals surface area contributed by atoms with Crippen LogP contribution in [0.2, 0.25) is 0 Å². The smallest absolute Gasteiger partial charge is 0.257 e. The van der Waals surface area contributed by atoms with Crippen LogP contribution in [0, 0.1) is 5.82 Å². The second-order valence-electron chi connectivity index (χ2n) is 5.43. The number of nitrogens with one attached hydrogen (secondary N) is 1. The molecule has 0 radical (unpaired) electrons. The van der Waals surface area contributed by atoms with Crippen molar-refractivity contribution in [2.24, 2.45) is 0 Å². The minimum absolute atomic E-state index is 0.00946. The summed E-state index contributed by atoms with van der Waals surface area (Å²) in [7, 11) is -0.760. The molecule has 0 aliphatic rings. The lowest BCUT2D eigenvalue weighted by Crippen LogP contribution is -2.31. The van der Waals surface area contributed by atoms with Crippen molar-refractivity contribution in [2.45, 2.75) is 9.79 Å². The van der Waals surface area contributed by atoms with Gasteiger partial charge in [-0.1, -0.05) is 0 Å². The molecule has 26 heavy (non-hydrogen) atoms. The van der Waals surface area contributed by atoms with Gasteiger partial charge in [0.25, 0.3) is 5.91 Å². The number of thioether (sulfide) groups is 1. The van der Waals surface area contributed by atoms with Crippen LogP contribution in [0.3, 0.4) is 0 Å². The van der Waals surface area contributed by atoms with Crippen molar-refractivity contribution in [3.63, 3.8) is 0 Å². The number of sulfonamides is 1. The molecule has 6 nitrogen and oxygen atoms in total. The van der Waals surface area contributed by atoms with Crippen molar-refractivity contribution in [1.29, 1.82) is 0 Å². The van der Waals surface area contributed by atoms with Gasteiger partial charge in [0, 0.05) is 24.6 Å². The Morgan fingerprint density at radius 3 is 2.15 bits per heavy atom. The van der Waals surface area contributed by atoms with Gasteiger partial charge in [0.1, 0.15) is 5.82 Å². The average molecular weight is 396 g/mol. The van der Waals surface area contributed by atoms with Crippen molar-refractivity contribution >= 4 is 33.6 Å². The topological polar surface area (TPSA) is 83.6 Å². The van der Waals surface area contributed by atoms with Crippen LogP contribution >= 0.6 is 11.8 Å². The van der Waals surface area contributed by atoms with E-state index in [1.165, 1.54) is 62.3 Å². The highest BCUT2D eigenvalue weighted by molar-refractivity contribution is 8.00. The molecule has 1 N–H and O–H groups in total. The van der Waals surface area contributed by atoms with E-state index in [0.717, 1.165) is 4.31 Å². The lowest BCUT2D eigenvalue weighted by Gasteiger charge is -2.11.